The number of hydrogen-bond acceptors (Lipinski definition) is 4. The van der Waals surface area contributed by atoms with Crippen molar-refractivity contribution in [2.24, 2.45) is 0 Å². The minimum absolute atomic E-state index is 0.0946. The first kappa shape index (κ1) is 17.1. The molecular weight excluding hydrogens is 312 g/mol. The fourth-order valence-corrected chi connectivity index (χ4v) is 3.27. The Morgan fingerprint density at radius 3 is 2.35 bits per heavy atom. The molecule has 0 saturated heterocycles. The summed E-state index contributed by atoms with van der Waals surface area (Å²) in [4.78, 5) is 25.0. The van der Waals surface area contributed by atoms with Crippen LogP contribution in [0.3, 0.4) is 0 Å². The molecule has 0 fully saturated rings. The zero-order valence-electron chi connectivity index (χ0n) is 13.8. The van der Waals surface area contributed by atoms with Gasteiger partial charge in [-0.05, 0) is 38.1 Å². The Bertz CT molecular complexity index is 720. The van der Waals surface area contributed by atoms with Gasteiger partial charge in [-0.25, -0.2) is 4.79 Å². The quantitative estimate of drug-likeness (QED) is 0.676. The molecule has 1 amide bonds. The summed E-state index contributed by atoms with van der Waals surface area (Å²) in [5, 5.41) is 3.95. The number of aryl methyl sites for hydroxylation is 2. The number of nitrogens with zero attached hydrogens (tertiary/aromatic N) is 1. The molecule has 2 aromatic rings. The molecule has 0 atom stereocenters. The van der Waals surface area contributed by atoms with Gasteiger partial charge in [0.15, 0.2) is 5.69 Å². The van der Waals surface area contributed by atoms with Gasteiger partial charge in [-0.2, -0.15) is 4.57 Å². The molecule has 1 N–H and O–H groups in total. The van der Waals surface area contributed by atoms with E-state index in [0.717, 1.165) is 10.7 Å². The number of aromatic nitrogens is 1. The number of ether oxygens (including phenoxy) is 1. The van der Waals surface area contributed by atoms with Gasteiger partial charge in [-0.3, -0.25) is 4.79 Å². The molecule has 0 radical (unpaired) electrons. The average Bonchev–Trinajstić information content (AvgIpc) is 2.74. The zero-order chi connectivity index (χ0) is 17.0. The predicted octanol–water partition coefficient (Wildman–Crippen LogP) is 2.78. The van der Waals surface area contributed by atoms with Crippen molar-refractivity contribution < 1.29 is 18.9 Å². The number of hydrogen-bond donors (Lipinski definition) is 1. The van der Waals surface area contributed by atoms with Crippen molar-refractivity contribution in [1.29, 1.82) is 0 Å². The minimum atomic E-state index is -0.360. The van der Waals surface area contributed by atoms with Crippen LogP contribution in [-0.2, 0) is 16.1 Å². The lowest BCUT2D eigenvalue weighted by Crippen LogP contribution is -2.43. The van der Waals surface area contributed by atoms with E-state index in [0.29, 0.717) is 17.9 Å². The van der Waals surface area contributed by atoms with Crippen LogP contribution in [0.15, 0.2) is 24.3 Å². The van der Waals surface area contributed by atoms with Crippen LogP contribution in [0.2, 0.25) is 0 Å². The summed E-state index contributed by atoms with van der Waals surface area (Å²) in [6, 6.07) is 6.69. The smallest absolute Gasteiger partial charge is 0.338 e. The first-order chi connectivity index (χ1) is 10.9. The highest BCUT2D eigenvalue weighted by atomic mass is 32.1. The summed E-state index contributed by atoms with van der Waals surface area (Å²) >= 11 is 1.69. The maximum atomic E-state index is 12.2. The zero-order valence-corrected chi connectivity index (χ0v) is 14.6. The first-order valence-electron chi connectivity index (χ1n) is 7.45. The van der Waals surface area contributed by atoms with Crippen molar-refractivity contribution in [3.05, 3.63) is 45.4 Å². The van der Waals surface area contributed by atoms with Gasteiger partial charge in [0.2, 0.25) is 11.6 Å². The minimum Gasteiger partial charge on any atom is -0.462 e. The SMILES string of the molecule is CCOC(=O)c1ccc(NC(=O)C[n+]2c(C)sc(C)c2C)cc1. The highest BCUT2D eigenvalue weighted by molar-refractivity contribution is 7.11. The third-order valence-electron chi connectivity index (χ3n) is 3.58. The second-order valence-electron chi connectivity index (χ2n) is 5.19. The van der Waals surface area contributed by atoms with Crippen LogP contribution in [0.1, 0.15) is 32.9 Å². The van der Waals surface area contributed by atoms with Crippen LogP contribution in [0.25, 0.3) is 0 Å². The monoisotopic (exact) mass is 333 g/mol. The number of nitrogens with one attached hydrogen (secondary N) is 1. The third kappa shape index (κ3) is 4.16. The first-order valence-corrected chi connectivity index (χ1v) is 8.27. The topological polar surface area (TPSA) is 59.3 Å². The number of benzene rings is 1. The molecule has 0 aliphatic rings. The number of amides is 1. The number of esters is 1. The molecule has 1 aromatic carbocycles. The maximum absolute atomic E-state index is 12.2. The molecule has 1 aromatic heterocycles. The molecular formula is C17H21N2O3S+. The van der Waals surface area contributed by atoms with Crippen LogP contribution in [0, 0.1) is 20.8 Å². The van der Waals surface area contributed by atoms with Crippen LogP contribution in [0.5, 0.6) is 0 Å². The Kier molecular flexibility index (Phi) is 5.50. The Morgan fingerprint density at radius 1 is 1.17 bits per heavy atom. The highest BCUT2D eigenvalue weighted by Crippen LogP contribution is 2.14. The number of carbonyl (C=O) groups is 2. The molecule has 0 aliphatic heterocycles. The second-order valence-corrected chi connectivity index (χ2v) is 6.60. The Hall–Kier alpha value is -2.21. The highest BCUT2D eigenvalue weighted by Gasteiger charge is 2.20. The van der Waals surface area contributed by atoms with Gasteiger partial charge in [-0.1, -0.05) is 11.3 Å². The molecule has 0 unspecified atom stereocenters. The molecule has 1 heterocycles. The summed E-state index contributed by atoms with van der Waals surface area (Å²) in [6.07, 6.45) is 0. The lowest BCUT2D eigenvalue weighted by Gasteiger charge is -2.05. The Morgan fingerprint density at radius 2 is 1.83 bits per heavy atom. The van der Waals surface area contributed by atoms with E-state index in [-0.39, 0.29) is 18.4 Å². The molecule has 6 heteroatoms. The van der Waals surface area contributed by atoms with Crippen molar-refractivity contribution in [2.45, 2.75) is 34.2 Å². The molecule has 0 bridgehead atoms. The van der Waals surface area contributed by atoms with E-state index in [1.54, 1.807) is 42.5 Å². The Balaban J connectivity index is 2.01. The fraction of sp³-hybridized carbons (Fsp3) is 0.353. The molecule has 0 saturated carbocycles. The van der Waals surface area contributed by atoms with E-state index in [1.165, 1.54) is 4.88 Å². The number of anilines is 1. The summed E-state index contributed by atoms with van der Waals surface area (Å²) in [5.74, 6) is -0.455. The molecule has 23 heavy (non-hydrogen) atoms. The fourth-order valence-electron chi connectivity index (χ4n) is 2.25. The van der Waals surface area contributed by atoms with E-state index in [9.17, 15) is 9.59 Å². The Labute approximate surface area is 139 Å². The van der Waals surface area contributed by atoms with Crippen molar-refractivity contribution >= 4 is 28.9 Å². The van der Waals surface area contributed by atoms with Gasteiger partial charge in [-0.15, -0.1) is 0 Å². The molecule has 5 nitrogen and oxygen atoms in total. The summed E-state index contributed by atoms with van der Waals surface area (Å²) in [7, 11) is 0. The van der Waals surface area contributed by atoms with Crippen LogP contribution < -0.4 is 9.88 Å². The largest absolute Gasteiger partial charge is 0.462 e. The number of thiazole rings is 1. The normalized spacial score (nSPS) is 10.4. The van der Waals surface area contributed by atoms with Gasteiger partial charge in [0.25, 0.3) is 5.91 Å². The van der Waals surface area contributed by atoms with E-state index in [1.807, 2.05) is 18.4 Å². The van der Waals surface area contributed by atoms with Crippen LogP contribution >= 0.6 is 11.3 Å². The van der Waals surface area contributed by atoms with Crippen molar-refractivity contribution in [2.75, 3.05) is 11.9 Å². The van der Waals surface area contributed by atoms with Gasteiger partial charge in [0.1, 0.15) is 0 Å². The average molecular weight is 333 g/mol. The third-order valence-corrected chi connectivity index (χ3v) is 4.69. The molecule has 2 rings (SSSR count). The summed E-state index contributed by atoms with van der Waals surface area (Å²) in [5.41, 5.74) is 2.24. The van der Waals surface area contributed by atoms with Crippen molar-refractivity contribution in [1.82, 2.24) is 0 Å². The van der Waals surface area contributed by atoms with Crippen LogP contribution in [-0.4, -0.2) is 18.5 Å². The second kappa shape index (κ2) is 7.37. The van der Waals surface area contributed by atoms with E-state index in [4.69, 9.17) is 4.74 Å². The summed E-state index contributed by atoms with van der Waals surface area (Å²) in [6.45, 7) is 8.46. The van der Waals surface area contributed by atoms with Gasteiger partial charge in [0.05, 0.1) is 17.0 Å². The molecule has 122 valence electrons. The lowest BCUT2D eigenvalue weighted by molar-refractivity contribution is -0.691. The van der Waals surface area contributed by atoms with Gasteiger partial charge in [0, 0.05) is 19.5 Å². The van der Waals surface area contributed by atoms with E-state index >= 15 is 0 Å². The van der Waals surface area contributed by atoms with Gasteiger partial charge < -0.3 is 10.1 Å². The molecule has 0 spiro atoms. The standard InChI is InChI=1S/C17H20N2O3S/c1-5-22-17(21)14-6-8-15(9-7-14)18-16(20)10-19-11(2)12(3)23-13(19)4/h6-9H,5,10H2,1-4H3/p+1. The lowest BCUT2D eigenvalue weighted by atomic mass is 10.2. The number of carbonyl (C=O) groups excluding carboxylic acids is 2. The van der Waals surface area contributed by atoms with E-state index < -0.39 is 0 Å². The van der Waals surface area contributed by atoms with Crippen LogP contribution in [0.4, 0.5) is 5.69 Å². The van der Waals surface area contributed by atoms with E-state index in [2.05, 4.69) is 12.2 Å². The predicted molar refractivity (Wildman–Crippen MR) is 89.8 cm³/mol. The number of rotatable bonds is 5. The molecule has 0 aliphatic carbocycles. The van der Waals surface area contributed by atoms with Gasteiger partial charge >= 0.3 is 5.97 Å². The maximum Gasteiger partial charge on any atom is 0.338 e. The summed E-state index contributed by atoms with van der Waals surface area (Å²) < 4.78 is 6.93. The van der Waals surface area contributed by atoms with Crippen molar-refractivity contribution in [3.8, 4) is 0 Å². The van der Waals surface area contributed by atoms with Crippen molar-refractivity contribution in [3.63, 3.8) is 0 Å².